The molecule has 2 unspecified atom stereocenters. The Bertz CT molecular complexity index is 772. The van der Waals surface area contributed by atoms with Crippen molar-refractivity contribution in [2.45, 2.75) is 51.6 Å². The van der Waals surface area contributed by atoms with Gasteiger partial charge in [-0.25, -0.2) is 13.1 Å². The average Bonchev–Trinajstić information content (AvgIpc) is 3.24. The third kappa shape index (κ3) is 5.02. The van der Waals surface area contributed by atoms with Crippen molar-refractivity contribution >= 4 is 21.6 Å². The van der Waals surface area contributed by atoms with Gasteiger partial charge >= 0.3 is 0 Å². The van der Waals surface area contributed by atoms with Crippen molar-refractivity contribution < 1.29 is 13.2 Å². The van der Waals surface area contributed by atoms with Crippen molar-refractivity contribution in [1.82, 2.24) is 9.62 Å². The molecule has 2 saturated heterocycles. The molecule has 7 heteroatoms. The van der Waals surface area contributed by atoms with Crippen LogP contribution >= 0.6 is 0 Å². The summed E-state index contributed by atoms with van der Waals surface area (Å²) in [4.78, 5) is 16.9. The van der Waals surface area contributed by atoms with Gasteiger partial charge in [-0.2, -0.15) is 0 Å². The van der Waals surface area contributed by atoms with Crippen LogP contribution in [0.1, 0.15) is 38.7 Å². The third-order valence-corrected chi connectivity index (χ3v) is 6.25. The summed E-state index contributed by atoms with van der Waals surface area (Å²) in [6.07, 6.45) is 4.95. The number of nitrogens with zero attached hydrogens (tertiary/aromatic N) is 2. The molecule has 0 saturated carbocycles. The quantitative estimate of drug-likeness (QED) is 0.803. The number of nitrogens with one attached hydrogen (secondary N) is 1. The van der Waals surface area contributed by atoms with Crippen molar-refractivity contribution in [3.05, 3.63) is 29.8 Å². The summed E-state index contributed by atoms with van der Waals surface area (Å²) in [7, 11) is -3.32. The molecule has 1 aromatic carbocycles. The zero-order chi connectivity index (χ0) is 19.6. The van der Waals surface area contributed by atoms with Crippen LogP contribution in [0.2, 0.25) is 0 Å². The highest BCUT2D eigenvalue weighted by atomic mass is 32.2. The number of sulfonamides is 1. The van der Waals surface area contributed by atoms with Crippen molar-refractivity contribution in [2.75, 3.05) is 30.8 Å². The molecular weight excluding hydrogens is 362 g/mol. The molecule has 1 amide bonds. The number of benzene rings is 1. The van der Waals surface area contributed by atoms with Crippen LogP contribution in [0.3, 0.4) is 0 Å². The van der Waals surface area contributed by atoms with Crippen LogP contribution in [-0.2, 0) is 21.2 Å². The molecule has 1 N–H and O–H groups in total. The van der Waals surface area contributed by atoms with Gasteiger partial charge in [0.15, 0.2) is 0 Å². The number of anilines is 1. The van der Waals surface area contributed by atoms with E-state index in [1.165, 1.54) is 24.8 Å². The molecule has 0 aliphatic carbocycles. The summed E-state index contributed by atoms with van der Waals surface area (Å²) >= 11 is 0. The fourth-order valence-electron chi connectivity index (χ4n) is 4.22. The molecule has 27 heavy (non-hydrogen) atoms. The maximum atomic E-state index is 12.7. The first-order valence-corrected chi connectivity index (χ1v) is 11.8. The van der Waals surface area contributed by atoms with E-state index in [1.807, 2.05) is 18.7 Å². The Balaban J connectivity index is 1.82. The minimum absolute atomic E-state index is 0.0912. The lowest BCUT2D eigenvalue weighted by atomic mass is 9.99. The average molecular weight is 394 g/mol. The molecule has 0 bridgehead atoms. The summed E-state index contributed by atoms with van der Waals surface area (Å²) in [5, 5.41) is 0. The summed E-state index contributed by atoms with van der Waals surface area (Å²) in [5.74, 6) is -0.00563. The van der Waals surface area contributed by atoms with Crippen LogP contribution in [0.4, 0.5) is 5.69 Å². The summed E-state index contributed by atoms with van der Waals surface area (Å²) in [6, 6.07) is 8.08. The van der Waals surface area contributed by atoms with Gasteiger partial charge in [-0.1, -0.05) is 26.0 Å². The molecule has 2 aliphatic rings. The molecule has 0 radical (unpaired) electrons. The standard InChI is InChI=1S/C20H31N3O3S/c1-15(2)20(24)23-12-9-18(21-27(3,25)26)19(23)14-16-7-6-8-17(13-16)22-10-4-5-11-22/h6-8,13,15,18-19,21H,4-5,9-12,14H2,1-3H3. The highest BCUT2D eigenvalue weighted by molar-refractivity contribution is 7.88. The molecule has 1 aromatic rings. The van der Waals surface area contributed by atoms with Crippen molar-refractivity contribution in [2.24, 2.45) is 5.92 Å². The monoisotopic (exact) mass is 393 g/mol. The normalized spacial score (nSPS) is 23.4. The van der Waals surface area contributed by atoms with Gasteiger partial charge in [0.2, 0.25) is 15.9 Å². The molecule has 2 heterocycles. The Morgan fingerprint density at radius 1 is 1.22 bits per heavy atom. The zero-order valence-electron chi connectivity index (χ0n) is 16.5. The Morgan fingerprint density at radius 2 is 1.93 bits per heavy atom. The summed E-state index contributed by atoms with van der Waals surface area (Å²) in [6.45, 7) is 6.56. The Morgan fingerprint density at radius 3 is 2.56 bits per heavy atom. The molecule has 6 nitrogen and oxygen atoms in total. The first kappa shape index (κ1) is 20.1. The van der Waals surface area contributed by atoms with Gasteiger partial charge in [0, 0.05) is 37.3 Å². The minimum Gasteiger partial charge on any atom is -0.372 e. The highest BCUT2D eigenvalue weighted by Gasteiger charge is 2.39. The van der Waals surface area contributed by atoms with E-state index in [4.69, 9.17) is 0 Å². The SMILES string of the molecule is CC(C)C(=O)N1CCC(NS(C)(=O)=O)C1Cc1cccc(N2CCCC2)c1. The lowest BCUT2D eigenvalue weighted by Gasteiger charge is -2.30. The van der Waals surface area contributed by atoms with Crippen LogP contribution in [0.25, 0.3) is 0 Å². The Labute approximate surface area is 163 Å². The van der Waals surface area contributed by atoms with E-state index in [2.05, 4.69) is 33.9 Å². The lowest BCUT2D eigenvalue weighted by Crippen LogP contribution is -2.48. The molecule has 2 aliphatic heterocycles. The van der Waals surface area contributed by atoms with E-state index < -0.39 is 10.0 Å². The number of hydrogen-bond donors (Lipinski definition) is 1. The van der Waals surface area contributed by atoms with E-state index in [1.54, 1.807) is 0 Å². The molecule has 0 aromatic heterocycles. The lowest BCUT2D eigenvalue weighted by molar-refractivity contribution is -0.135. The van der Waals surface area contributed by atoms with Gasteiger partial charge in [-0.3, -0.25) is 4.79 Å². The third-order valence-electron chi connectivity index (χ3n) is 5.51. The van der Waals surface area contributed by atoms with E-state index in [-0.39, 0.29) is 23.9 Å². The molecule has 2 fully saturated rings. The van der Waals surface area contributed by atoms with Crippen LogP contribution in [0, 0.1) is 5.92 Å². The van der Waals surface area contributed by atoms with Crippen molar-refractivity contribution in [1.29, 1.82) is 0 Å². The molecular formula is C20H31N3O3S. The smallest absolute Gasteiger partial charge is 0.225 e. The number of rotatable bonds is 6. The predicted octanol–water partition coefficient (Wildman–Crippen LogP) is 2.00. The number of amides is 1. The summed E-state index contributed by atoms with van der Waals surface area (Å²) < 4.78 is 26.4. The predicted molar refractivity (Wildman–Crippen MR) is 108 cm³/mol. The van der Waals surface area contributed by atoms with E-state index in [0.29, 0.717) is 19.4 Å². The van der Waals surface area contributed by atoms with Crippen LogP contribution in [-0.4, -0.2) is 57.2 Å². The largest absolute Gasteiger partial charge is 0.372 e. The highest BCUT2D eigenvalue weighted by Crippen LogP contribution is 2.27. The van der Waals surface area contributed by atoms with Crippen LogP contribution in [0.5, 0.6) is 0 Å². The summed E-state index contributed by atoms with van der Waals surface area (Å²) in [5.41, 5.74) is 2.37. The topological polar surface area (TPSA) is 69.7 Å². The van der Waals surface area contributed by atoms with Crippen molar-refractivity contribution in [3.63, 3.8) is 0 Å². The Kier molecular flexibility index (Phi) is 6.11. The molecule has 3 rings (SSSR count). The second-order valence-electron chi connectivity index (χ2n) is 8.11. The van der Waals surface area contributed by atoms with E-state index >= 15 is 0 Å². The molecule has 150 valence electrons. The van der Waals surface area contributed by atoms with Crippen molar-refractivity contribution in [3.8, 4) is 0 Å². The number of likely N-dealkylation sites (tertiary alicyclic amines) is 1. The van der Waals surface area contributed by atoms with Gasteiger partial charge < -0.3 is 9.80 Å². The second kappa shape index (κ2) is 8.19. The van der Waals surface area contributed by atoms with Gasteiger partial charge in [-0.15, -0.1) is 0 Å². The Hall–Kier alpha value is -1.60. The maximum Gasteiger partial charge on any atom is 0.225 e. The minimum atomic E-state index is -3.32. The molecule has 2 atom stereocenters. The van der Waals surface area contributed by atoms with Gasteiger partial charge in [-0.05, 0) is 43.4 Å². The van der Waals surface area contributed by atoms with Gasteiger partial charge in [0.05, 0.1) is 12.3 Å². The number of carbonyl (C=O) groups excluding carboxylic acids is 1. The zero-order valence-corrected chi connectivity index (χ0v) is 17.3. The first-order valence-electron chi connectivity index (χ1n) is 9.86. The van der Waals surface area contributed by atoms with Crippen LogP contribution < -0.4 is 9.62 Å². The first-order chi connectivity index (χ1) is 12.7. The number of hydrogen-bond acceptors (Lipinski definition) is 4. The maximum absolute atomic E-state index is 12.7. The van der Waals surface area contributed by atoms with Gasteiger partial charge in [0.1, 0.15) is 0 Å². The van der Waals surface area contributed by atoms with Gasteiger partial charge in [0.25, 0.3) is 0 Å². The van der Waals surface area contributed by atoms with E-state index in [9.17, 15) is 13.2 Å². The van der Waals surface area contributed by atoms with E-state index in [0.717, 1.165) is 18.7 Å². The molecule has 0 spiro atoms. The number of carbonyl (C=O) groups is 1. The fourth-order valence-corrected chi connectivity index (χ4v) is 5.05. The fraction of sp³-hybridized carbons (Fsp3) is 0.650. The second-order valence-corrected chi connectivity index (χ2v) is 9.89. The van der Waals surface area contributed by atoms with Crippen LogP contribution in [0.15, 0.2) is 24.3 Å².